The molecule has 0 radical (unpaired) electrons. The Labute approximate surface area is 165 Å². The van der Waals surface area contributed by atoms with Crippen molar-refractivity contribution in [1.29, 1.82) is 0 Å². The van der Waals surface area contributed by atoms with Gasteiger partial charge in [0.15, 0.2) is 0 Å². The minimum absolute atomic E-state index is 1.07. The Bertz CT molecular complexity index is 746. The van der Waals surface area contributed by atoms with Crippen molar-refractivity contribution in [3.8, 4) is 0 Å². The summed E-state index contributed by atoms with van der Waals surface area (Å²) in [5, 5.41) is 3.66. The van der Waals surface area contributed by atoms with E-state index < -0.39 is 0 Å². The van der Waals surface area contributed by atoms with Gasteiger partial charge in [-0.15, -0.1) is 0 Å². The number of nitrogens with one attached hydrogen (secondary N) is 1. The lowest BCUT2D eigenvalue weighted by atomic mass is 9.91. The topological polar surface area (TPSA) is 24.9 Å². The summed E-state index contributed by atoms with van der Waals surface area (Å²) in [7, 11) is 0. The first-order valence-corrected chi connectivity index (χ1v) is 10.7. The molecule has 1 N–H and O–H groups in total. The van der Waals surface area contributed by atoms with Crippen molar-refractivity contribution < 1.29 is 0 Å². The lowest BCUT2D eigenvalue weighted by molar-refractivity contribution is 0.628. The van der Waals surface area contributed by atoms with Crippen molar-refractivity contribution in [3.05, 3.63) is 70.6 Å². The second-order valence-electron chi connectivity index (χ2n) is 7.65. The molecule has 0 spiro atoms. The van der Waals surface area contributed by atoms with E-state index in [1.807, 2.05) is 6.20 Å². The smallest absolute Gasteiger partial charge is 0.0438 e. The van der Waals surface area contributed by atoms with Gasteiger partial charge >= 0.3 is 0 Å². The summed E-state index contributed by atoms with van der Waals surface area (Å²) in [4.78, 5) is 4.59. The molecule has 2 heteroatoms. The molecular weight excluding hydrogens is 328 g/mol. The van der Waals surface area contributed by atoms with Gasteiger partial charge in [0, 0.05) is 11.9 Å². The van der Waals surface area contributed by atoms with E-state index in [0.717, 1.165) is 25.9 Å². The van der Waals surface area contributed by atoms with Crippen LogP contribution in [-0.2, 0) is 19.3 Å². The maximum Gasteiger partial charge on any atom is 0.0438 e. The number of benzene rings is 1. The summed E-state index contributed by atoms with van der Waals surface area (Å²) >= 11 is 0. The van der Waals surface area contributed by atoms with E-state index in [-0.39, 0.29) is 0 Å². The van der Waals surface area contributed by atoms with Gasteiger partial charge in [0.05, 0.1) is 0 Å². The van der Waals surface area contributed by atoms with Gasteiger partial charge < -0.3 is 5.32 Å². The molecule has 0 saturated heterocycles. The van der Waals surface area contributed by atoms with Crippen molar-refractivity contribution in [2.75, 3.05) is 13.1 Å². The van der Waals surface area contributed by atoms with Crippen LogP contribution >= 0.6 is 0 Å². The Balaban J connectivity index is 1.43. The summed E-state index contributed by atoms with van der Waals surface area (Å²) in [6, 6.07) is 13.0. The van der Waals surface area contributed by atoms with E-state index in [2.05, 4.69) is 60.5 Å². The SMILES string of the molecule is CC/C(CCNCCCc1ccnc2c1CCCC2)=C(\C)c1ccccc1. The van der Waals surface area contributed by atoms with Crippen molar-refractivity contribution in [1.82, 2.24) is 10.3 Å². The molecule has 144 valence electrons. The third-order valence-corrected chi connectivity index (χ3v) is 5.90. The molecule has 1 heterocycles. The van der Waals surface area contributed by atoms with Gasteiger partial charge in [-0.1, -0.05) is 42.8 Å². The zero-order chi connectivity index (χ0) is 18.9. The predicted molar refractivity (Wildman–Crippen MR) is 116 cm³/mol. The van der Waals surface area contributed by atoms with E-state index in [0.29, 0.717) is 0 Å². The molecular formula is C25H34N2. The van der Waals surface area contributed by atoms with Crippen LogP contribution in [0.25, 0.3) is 5.57 Å². The maximum atomic E-state index is 4.59. The van der Waals surface area contributed by atoms with Gasteiger partial charge in [0.25, 0.3) is 0 Å². The van der Waals surface area contributed by atoms with E-state index in [9.17, 15) is 0 Å². The number of fused-ring (bicyclic) bond motifs is 1. The van der Waals surface area contributed by atoms with Crippen LogP contribution in [-0.4, -0.2) is 18.1 Å². The number of aromatic nitrogens is 1. The molecule has 0 unspecified atom stereocenters. The minimum atomic E-state index is 1.07. The third kappa shape index (κ3) is 5.52. The van der Waals surface area contributed by atoms with E-state index in [1.54, 1.807) is 11.1 Å². The van der Waals surface area contributed by atoms with Gasteiger partial charge in [-0.2, -0.15) is 0 Å². The van der Waals surface area contributed by atoms with Crippen LogP contribution in [0.3, 0.4) is 0 Å². The Morgan fingerprint density at radius 3 is 2.67 bits per heavy atom. The summed E-state index contributed by atoms with van der Waals surface area (Å²) in [6.07, 6.45) is 11.7. The number of hydrogen-bond donors (Lipinski definition) is 1. The van der Waals surface area contributed by atoms with Gasteiger partial charge in [0.1, 0.15) is 0 Å². The highest BCUT2D eigenvalue weighted by Gasteiger charge is 2.13. The maximum absolute atomic E-state index is 4.59. The van der Waals surface area contributed by atoms with Gasteiger partial charge in [-0.3, -0.25) is 4.98 Å². The molecule has 27 heavy (non-hydrogen) atoms. The largest absolute Gasteiger partial charge is 0.316 e. The molecule has 1 aliphatic rings. The van der Waals surface area contributed by atoms with Crippen LogP contribution in [0.2, 0.25) is 0 Å². The fourth-order valence-electron chi connectivity index (χ4n) is 4.22. The molecule has 0 fully saturated rings. The molecule has 0 atom stereocenters. The third-order valence-electron chi connectivity index (χ3n) is 5.90. The second kappa shape index (κ2) is 10.4. The molecule has 0 amide bonds. The quantitative estimate of drug-likeness (QED) is 0.574. The molecule has 0 bridgehead atoms. The van der Waals surface area contributed by atoms with Crippen LogP contribution in [0, 0.1) is 0 Å². The Kier molecular flexibility index (Phi) is 7.65. The molecule has 0 saturated carbocycles. The number of allylic oxidation sites excluding steroid dienone is 1. The summed E-state index contributed by atoms with van der Waals surface area (Å²) in [5.41, 5.74) is 8.83. The summed E-state index contributed by atoms with van der Waals surface area (Å²) < 4.78 is 0. The van der Waals surface area contributed by atoms with Crippen molar-refractivity contribution in [3.63, 3.8) is 0 Å². The lowest BCUT2D eigenvalue weighted by Gasteiger charge is -2.18. The zero-order valence-corrected chi connectivity index (χ0v) is 17.1. The number of pyridine rings is 1. The second-order valence-corrected chi connectivity index (χ2v) is 7.65. The average Bonchev–Trinajstić information content (AvgIpc) is 2.73. The van der Waals surface area contributed by atoms with Crippen LogP contribution in [0.5, 0.6) is 0 Å². The Morgan fingerprint density at radius 2 is 1.85 bits per heavy atom. The fourth-order valence-corrected chi connectivity index (χ4v) is 4.22. The average molecular weight is 363 g/mol. The Morgan fingerprint density at radius 1 is 1.04 bits per heavy atom. The molecule has 0 aliphatic heterocycles. The first kappa shape index (κ1) is 19.8. The first-order chi connectivity index (χ1) is 13.3. The number of aryl methyl sites for hydroxylation is 2. The van der Waals surface area contributed by atoms with Crippen LogP contribution < -0.4 is 5.32 Å². The molecule has 3 rings (SSSR count). The van der Waals surface area contributed by atoms with E-state index in [4.69, 9.17) is 0 Å². The lowest BCUT2D eigenvalue weighted by Crippen LogP contribution is -2.18. The minimum Gasteiger partial charge on any atom is -0.316 e. The molecule has 2 nitrogen and oxygen atoms in total. The fraction of sp³-hybridized carbons (Fsp3) is 0.480. The number of rotatable bonds is 9. The normalized spacial score (nSPS) is 14.6. The van der Waals surface area contributed by atoms with Crippen LogP contribution in [0.4, 0.5) is 0 Å². The van der Waals surface area contributed by atoms with Gasteiger partial charge in [-0.05, 0) is 99.7 Å². The zero-order valence-electron chi connectivity index (χ0n) is 17.1. The highest BCUT2D eigenvalue weighted by Crippen LogP contribution is 2.24. The van der Waals surface area contributed by atoms with Crippen molar-refractivity contribution in [2.45, 2.75) is 65.2 Å². The van der Waals surface area contributed by atoms with Gasteiger partial charge in [-0.25, -0.2) is 0 Å². The highest BCUT2D eigenvalue weighted by atomic mass is 14.8. The standard InChI is InChI=1S/C25H34N2/c1-3-21(20(2)22-10-5-4-6-11-22)15-18-26-17-9-12-23-16-19-27-25-14-8-7-13-24(23)25/h4-6,10-11,16,19,26H,3,7-9,12-15,17-18H2,1-2H3/b21-20-. The Hall–Kier alpha value is -1.93. The number of nitrogens with zero attached hydrogens (tertiary/aromatic N) is 1. The summed E-state index contributed by atoms with van der Waals surface area (Å²) in [5.74, 6) is 0. The van der Waals surface area contributed by atoms with Crippen molar-refractivity contribution in [2.24, 2.45) is 0 Å². The van der Waals surface area contributed by atoms with Crippen LogP contribution in [0.1, 0.15) is 68.3 Å². The predicted octanol–water partition coefficient (Wildman–Crippen LogP) is 5.76. The first-order valence-electron chi connectivity index (χ1n) is 10.7. The molecule has 1 aromatic heterocycles. The van der Waals surface area contributed by atoms with E-state index in [1.165, 1.54) is 60.9 Å². The molecule has 2 aromatic rings. The van der Waals surface area contributed by atoms with Crippen LogP contribution in [0.15, 0.2) is 48.2 Å². The highest BCUT2D eigenvalue weighted by molar-refractivity contribution is 5.66. The monoisotopic (exact) mass is 362 g/mol. The van der Waals surface area contributed by atoms with E-state index >= 15 is 0 Å². The van der Waals surface area contributed by atoms with Crippen molar-refractivity contribution >= 4 is 5.57 Å². The molecule has 1 aliphatic carbocycles. The summed E-state index contributed by atoms with van der Waals surface area (Å²) in [6.45, 7) is 6.70. The number of hydrogen-bond acceptors (Lipinski definition) is 2. The molecule has 1 aromatic carbocycles. The van der Waals surface area contributed by atoms with Gasteiger partial charge in [0.2, 0.25) is 0 Å².